The molecule has 3 N–H and O–H groups in total. The lowest BCUT2D eigenvalue weighted by atomic mass is 9.99. The number of aromatic nitrogens is 1. The Morgan fingerprint density at radius 2 is 2.15 bits per heavy atom. The van der Waals surface area contributed by atoms with Crippen molar-refractivity contribution in [3.05, 3.63) is 59.5 Å². The largest absolute Gasteiger partial charge is 0.383 e. The summed E-state index contributed by atoms with van der Waals surface area (Å²) < 4.78 is 13.4. The molecule has 1 atom stereocenters. The minimum atomic E-state index is -0.218. The van der Waals surface area contributed by atoms with Crippen molar-refractivity contribution in [3.63, 3.8) is 0 Å². The first-order valence-corrected chi connectivity index (χ1v) is 6.89. The molecule has 1 heterocycles. The van der Waals surface area contributed by atoms with E-state index in [1.165, 1.54) is 6.07 Å². The van der Waals surface area contributed by atoms with Crippen LogP contribution >= 0.6 is 0 Å². The molecule has 0 saturated carbocycles. The summed E-state index contributed by atoms with van der Waals surface area (Å²) in [4.78, 5) is 4.10. The van der Waals surface area contributed by atoms with Gasteiger partial charge in [-0.3, -0.25) is 0 Å². The van der Waals surface area contributed by atoms with E-state index in [1.807, 2.05) is 18.2 Å². The van der Waals surface area contributed by atoms with E-state index in [2.05, 4.69) is 17.2 Å². The first-order valence-electron chi connectivity index (χ1n) is 6.89. The average molecular weight is 273 g/mol. The minimum Gasteiger partial charge on any atom is -0.383 e. The standard InChI is InChI=1S/C16H20FN3/c1-2-8-19-15(12-5-3-7-14(17)10-12)11-13-6-4-9-20-16(13)18/h3-7,9-10,15,19H,2,8,11H2,1H3,(H2,18,20). The molecule has 0 spiro atoms. The Balaban J connectivity index is 2.21. The predicted molar refractivity (Wildman–Crippen MR) is 79.8 cm³/mol. The summed E-state index contributed by atoms with van der Waals surface area (Å²) in [5.41, 5.74) is 7.80. The monoisotopic (exact) mass is 273 g/mol. The molecular weight excluding hydrogens is 253 g/mol. The van der Waals surface area contributed by atoms with Crippen molar-refractivity contribution < 1.29 is 4.39 Å². The SMILES string of the molecule is CCCNC(Cc1cccnc1N)c1cccc(F)c1. The van der Waals surface area contributed by atoms with Gasteiger partial charge in [0.15, 0.2) is 0 Å². The predicted octanol–water partition coefficient (Wildman–Crippen LogP) is 3.09. The smallest absolute Gasteiger partial charge is 0.126 e. The van der Waals surface area contributed by atoms with Crippen LogP contribution < -0.4 is 11.1 Å². The molecule has 1 aromatic heterocycles. The number of halogens is 1. The van der Waals surface area contributed by atoms with Crippen LogP contribution in [0.5, 0.6) is 0 Å². The zero-order chi connectivity index (χ0) is 14.4. The van der Waals surface area contributed by atoms with Crippen LogP contribution in [-0.4, -0.2) is 11.5 Å². The summed E-state index contributed by atoms with van der Waals surface area (Å²) in [7, 11) is 0. The number of rotatable bonds is 6. The maximum absolute atomic E-state index is 13.4. The van der Waals surface area contributed by atoms with Gasteiger partial charge >= 0.3 is 0 Å². The molecule has 0 radical (unpaired) electrons. The molecule has 0 saturated heterocycles. The molecule has 0 aliphatic rings. The number of pyridine rings is 1. The molecule has 0 fully saturated rings. The Kier molecular flexibility index (Phi) is 5.07. The molecule has 1 aromatic carbocycles. The summed E-state index contributed by atoms with van der Waals surface area (Å²) in [5, 5.41) is 3.44. The van der Waals surface area contributed by atoms with Crippen molar-refractivity contribution in [3.8, 4) is 0 Å². The van der Waals surface area contributed by atoms with Crippen molar-refractivity contribution in [2.75, 3.05) is 12.3 Å². The van der Waals surface area contributed by atoms with Gasteiger partial charge in [-0.25, -0.2) is 9.37 Å². The molecule has 20 heavy (non-hydrogen) atoms. The van der Waals surface area contributed by atoms with Crippen molar-refractivity contribution in [1.82, 2.24) is 10.3 Å². The zero-order valence-corrected chi connectivity index (χ0v) is 11.6. The Hall–Kier alpha value is -1.94. The Morgan fingerprint density at radius 3 is 2.85 bits per heavy atom. The zero-order valence-electron chi connectivity index (χ0n) is 11.6. The highest BCUT2D eigenvalue weighted by Gasteiger charge is 2.14. The van der Waals surface area contributed by atoms with Crippen LogP contribution in [0.4, 0.5) is 10.2 Å². The van der Waals surface area contributed by atoms with Gasteiger partial charge in [0.05, 0.1) is 0 Å². The second kappa shape index (κ2) is 7.01. The quantitative estimate of drug-likeness (QED) is 0.850. The molecule has 0 amide bonds. The van der Waals surface area contributed by atoms with Gasteiger partial charge < -0.3 is 11.1 Å². The van der Waals surface area contributed by atoms with E-state index in [0.717, 1.165) is 24.1 Å². The third kappa shape index (κ3) is 3.78. The van der Waals surface area contributed by atoms with E-state index in [4.69, 9.17) is 5.73 Å². The van der Waals surface area contributed by atoms with Gasteiger partial charge in [-0.15, -0.1) is 0 Å². The molecule has 0 aliphatic heterocycles. The number of nitrogens with two attached hydrogens (primary N) is 1. The van der Waals surface area contributed by atoms with E-state index in [-0.39, 0.29) is 11.9 Å². The van der Waals surface area contributed by atoms with Crippen molar-refractivity contribution in [2.24, 2.45) is 0 Å². The van der Waals surface area contributed by atoms with E-state index in [1.54, 1.807) is 18.3 Å². The van der Waals surface area contributed by atoms with E-state index in [0.29, 0.717) is 12.2 Å². The second-order valence-electron chi connectivity index (χ2n) is 4.81. The lowest BCUT2D eigenvalue weighted by Crippen LogP contribution is -2.24. The topological polar surface area (TPSA) is 50.9 Å². The molecule has 0 bridgehead atoms. The van der Waals surface area contributed by atoms with Crippen LogP contribution in [0.15, 0.2) is 42.6 Å². The van der Waals surface area contributed by atoms with E-state index >= 15 is 0 Å². The molecule has 2 rings (SSSR count). The number of hydrogen-bond donors (Lipinski definition) is 2. The third-order valence-electron chi connectivity index (χ3n) is 3.24. The first-order chi connectivity index (χ1) is 9.70. The highest BCUT2D eigenvalue weighted by molar-refractivity contribution is 5.39. The van der Waals surface area contributed by atoms with Gasteiger partial charge in [0.25, 0.3) is 0 Å². The second-order valence-corrected chi connectivity index (χ2v) is 4.81. The van der Waals surface area contributed by atoms with E-state index < -0.39 is 0 Å². The van der Waals surface area contributed by atoms with Gasteiger partial charge in [0.1, 0.15) is 11.6 Å². The summed E-state index contributed by atoms with van der Waals surface area (Å²) in [5.74, 6) is 0.317. The van der Waals surface area contributed by atoms with Crippen LogP contribution in [0.3, 0.4) is 0 Å². The van der Waals surface area contributed by atoms with E-state index in [9.17, 15) is 4.39 Å². The van der Waals surface area contributed by atoms with Crippen molar-refractivity contribution in [2.45, 2.75) is 25.8 Å². The Bertz CT molecular complexity index is 557. The van der Waals surface area contributed by atoms with Crippen LogP contribution in [-0.2, 0) is 6.42 Å². The lowest BCUT2D eigenvalue weighted by Gasteiger charge is -2.19. The van der Waals surface area contributed by atoms with Gasteiger partial charge in [0, 0.05) is 12.2 Å². The van der Waals surface area contributed by atoms with Crippen molar-refractivity contribution in [1.29, 1.82) is 0 Å². The number of nitrogen functional groups attached to an aromatic ring is 1. The highest BCUT2D eigenvalue weighted by Crippen LogP contribution is 2.21. The number of nitrogens with zero attached hydrogens (tertiary/aromatic N) is 1. The number of benzene rings is 1. The minimum absolute atomic E-state index is 0.0390. The molecular formula is C16H20FN3. The van der Waals surface area contributed by atoms with Crippen LogP contribution in [0.2, 0.25) is 0 Å². The molecule has 1 unspecified atom stereocenters. The van der Waals surface area contributed by atoms with Gasteiger partial charge in [-0.1, -0.05) is 25.1 Å². The fourth-order valence-corrected chi connectivity index (χ4v) is 2.19. The number of nitrogens with one attached hydrogen (secondary N) is 1. The molecule has 4 heteroatoms. The van der Waals surface area contributed by atoms with Gasteiger partial charge in [-0.05, 0) is 48.7 Å². The fourth-order valence-electron chi connectivity index (χ4n) is 2.19. The Morgan fingerprint density at radius 1 is 1.30 bits per heavy atom. The summed E-state index contributed by atoms with van der Waals surface area (Å²) in [6, 6.07) is 10.6. The van der Waals surface area contributed by atoms with Crippen LogP contribution in [0, 0.1) is 5.82 Å². The summed E-state index contributed by atoms with van der Waals surface area (Å²) in [6.07, 6.45) is 3.40. The molecule has 106 valence electrons. The first kappa shape index (κ1) is 14.5. The van der Waals surface area contributed by atoms with Crippen LogP contribution in [0.1, 0.15) is 30.5 Å². The number of anilines is 1. The highest BCUT2D eigenvalue weighted by atomic mass is 19.1. The number of hydrogen-bond acceptors (Lipinski definition) is 3. The maximum atomic E-state index is 13.4. The normalized spacial score (nSPS) is 12.3. The summed E-state index contributed by atoms with van der Waals surface area (Å²) >= 11 is 0. The summed E-state index contributed by atoms with van der Waals surface area (Å²) in [6.45, 7) is 2.98. The fraction of sp³-hybridized carbons (Fsp3) is 0.312. The van der Waals surface area contributed by atoms with Gasteiger partial charge in [0.2, 0.25) is 0 Å². The van der Waals surface area contributed by atoms with Crippen LogP contribution in [0.25, 0.3) is 0 Å². The molecule has 2 aromatic rings. The van der Waals surface area contributed by atoms with Gasteiger partial charge in [-0.2, -0.15) is 0 Å². The lowest BCUT2D eigenvalue weighted by molar-refractivity contribution is 0.524. The maximum Gasteiger partial charge on any atom is 0.126 e. The Labute approximate surface area is 119 Å². The average Bonchev–Trinajstić information content (AvgIpc) is 2.45. The third-order valence-corrected chi connectivity index (χ3v) is 3.24. The molecule has 3 nitrogen and oxygen atoms in total. The molecule has 0 aliphatic carbocycles. The van der Waals surface area contributed by atoms with Crippen molar-refractivity contribution >= 4 is 5.82 Å².